The number of alkyl halides is 2. The molecule has 4 rings (SSSR count). The summed E-state index contributed by atoms with van der Waals surface area (Å²) in [5.74, 6) is -0.238. The molecule has 1 N–H and O–H groups in total. The van der Waals surface area contributed by atoms with Gasteiger partial charge in [0.1, 0.15) is 12.3 Å². The lowest BCUT2D eigenvalue weighted by Crippen LogP contribution is -2.46. The number of benzene rings is 1. The highest BCUT2D eigenvalue weighted by molar-refractivity contribution is 5.73. The van der Waals surface area contributed by atoms with E-state index in [-0.39, 0.29) is 31.2 Å². The van der Waals surface area contributed by atoms with Gasteiger partial charge in [-0.15, -0.1) is 15.3 Å². The molecule has 12 heteroatoms. The summed E-state index contributed by atoms with van der Waals surface area (Å²) in [6.45, 7) is 2.82. The highest BCUT2D eigenvalue weighted by Crippen LogP contribution is 2.22. The minimum atomic E-state index is -2.54. The van der Waals surface area contributed by atoms with Gasteiger partial charge in [0.05, 0.1) is 24.5 Å². The molecule has 3 aromatic rings. The molecule has 0 aliphatic carbocycles. The van der Waals surface area contributed by atoms with Crippen LogP contribution in [0.5, 0.6) is 5.88 Å². The number of morpholine rings is 1. The number of aliphatic carboxylic acids is 1. The highest BCUT2D eigenvalue weighted by Gasteiger charge is 2.27. The smallest absolute Gasteiger partial charge is 0.334 e. The Balaban J connectivity index is 1.43. The van der Waals surface area contributed by atoms with Crippen LogP contribution >= 0.6 is 0 Å². The van der Waals surface area contributed by atoms with Gasteiger partial charge in [0.15, 0.2) is 11.9 Å². The second-order valence-electron chi connectivity index (χ2n) is 7.09. The minimum Gasteiger partial charge on any atom is -0.479 e. The van der Waals surface area contributed by atoms with Gasteiger partial charge in [-0.05, 0) is 25.1 Å². The van der Waals surface area contributed by atoms with Crippen LogP contribution < -0.4 is 9.64 Å². The number of carboxylic acid groups (broad SMARTS) is 1. The fraction of sp³-hybridized carbons (Fsp3) is 0.350. The van der Waals surface area contributed by atoms with Crippen LogP contribution in [0.3, 0.4) is 0 Å². The number of nitrogens with zero attached hydrogens (tertiary/aromatic N) is 6. The SMILES string of the molecule is Cc1nnn(-c2ccc(C(F)F)cc2)c1COc1ccc(N2CCO[C@H](C(=O)O)C2)nn1. The van der Waals surface area contributed by atoms with Crippen LogP contribution in [-0.4, -0.2) is 62.1 Å². The topological polar surface area (TPSA) is 115 Å². The van der Waals surface area contributed by atoms with E-state index in [0.717, 1.165) is 0 Å². The van der Waals surface area contributed by atoms with E-state index in [1.807, 2.05) is 0 Å². The van der Waals surface area contributed by atoms with Crippen molar-refractivity contribution >= 4 is 11.8 Å². The minimum absolute atomic E-state index is 0.0753. The molecule has 1 aromatic carbocycles. The number of rotatable bonds is 7. The van der Waals surface area contributed by atoms with Gasteiger partial charge in [-0.25, -0.2) is 18.3 Å². The zero-order chi connectivity index (χ0) is 22.7. The molecule has 3 heterocycles. The van der Waals surface area contributed by atoms with E-state index in [1.54, 1.807) is 36.1 Å². The van der Waals surface area contributed by atoms with Crippen molar-refractivity contribution in [3.05, 3.63) is 53.3 Å². The molecule has 1 fully saturated rings. The van der Waals surface area contributed by atoms with E-state index in [9.17, 15) is 13.6 Å². The number of ether oxygens (including phenoxy) is 2. The number of anilines is 1. The number of hydrogen-bond acceptors (Lipinski definition) is 8. The lowest BCUT2D eigenvalue weighted by atomic mass is 10.2. The molecular formula is C20H20F2N6O4. The molecule has 10 nitrogen and oxygen atoms in total. The van der Waals surface area contributed by atoms with E-state index in [1.165, 1.54) is 16.8 Å². The van der Waals surface area contributed by atoms with Crippen molar-refractivity contribution in [1.82, 2.24) is 25.2 Å². The molecule has 0 spiro atoms. The molecule has 1 aliphatic rings. The molecule has 32 heavy (non-hydrogen) atoms. The maximum atomic E-state index is 12.8. The fourth-order valence-corrected chi connectivity index (χ4v) is 3.22. The average molecular weight is 446 g/mol. The Morgan fingerprint density at radius 1 is 1.22 bits per heavy atom. The van der Waals surface area contributed by atoms with Gasteiger partial charge >= 0.3 is 5.97 Å². The second-order valence-corrected chi connectivity index (χ2v) is 7.09. The van der Waals surface area contributed by atoms with Crippen LogP contribution in [0.15, 0.2) is 36.4 Å². The van der Waals surface area contributed by atoms with Crippen molar-refractivity contribution in [3.63, 3.8) is 0 Å². The van der Waals surface area contributed by atoms with Crippen LogP contribution in [-0.2, 0) is 16.1 Å². The van der Waals surface area contributed by atoms with E-state index in [4.69, 9.17) is 14.6 Å². The van der Waals surface area contributed by atoms with Crippen LogP contribution in [0.25, 0.3) is 5.69 Å². The molecule has 168 valence electrons. The van der Waals surface area contributed by atoms with Crippen LogP contribution in [0.4, 0.5) is 14.6 Å². The maximum Gasteiger partial charge on any atom is 0.334 e. The second kappa shape index (κ2) is 9.22. The van der Waals surface area contributed by atoms with Gasteiger partial charge in [-0.2, -0.15) is 0 Å². The first kappa shape index (κ1) is 21.6. The summed E-state index contributed by atoms with van der Waals surface area (Å²) in [7, 11) is 0. The fourth-order valence-electron chi connectivity index (χ4n) is 3.22. The Morgan fingerprint density at radius 3 is 2.66 bits per heavy atom. The number of halogens is 2. The van der Waals surface area contributed by atoms with Crippen LogP contribution in [0, 0.1) is 6.92 Å². The molecule has 0 radical (unpaired) electrons. The molecule has 0 bridgehead atoms. The summed E-state index contributed by atoms with van der Waals surface area (Å²) in [4.78, 5) is 12.9. The third kappa shape index (κ3) is 4.64. The number of carboxylic acids is 1. The van der Waals surface area contributed by atoms with Gasteiger partial charge in [0, 0.05) is 18.2 Å². The van der Waals surface area contributed by atoms with E-state index < -0.39 is 18.5 Å². The molecule has 1 aliphatic heterocycles. The Labute approximate surface area is 181 Å². The summed E-state index contributed by atoms with van der Waals surface area (Å²) in [6, 6.07) is 9.09. The van der Waals surface area contributed by atoms with Gasteiger partial charge in [0.25, 0.3) is 6.43 Å². The normalized spacial score (nSPS) is 16.4. The largest absolute Gasteiger partial charge is 0.479 e. The first-order valence-electron chi connectivity index (χ1n) is 9.78. The maximum absolute atomic E-state index is 12.8. The number of aryl methyl sites for hydroxylation is 1. The monoisotopic (exact) mass is 446 g/mol. The third-order valence-electron chi connectivity index (χ3n) is 5.00. The Bertz CT molecular complexity index is 1070. The zero-order valence-corrected chi connectivity index (χ0v) is 17.1. The van der Waals surface area contributed by atoms with Crippen molar-refractivity contribution in [2.24, 2.45) is 0 Å². The molecule has 0 saturated carbocycles. The van der Waals surface area contributed by atoms with Crippen molar-refractivity contribution in [2.75, 3.05) is 24.6 Å². The molecule has 0 unspecified atom stereocenters. The predicted octanol–water partition coefficient (Wildman–Crippen LogP) is 2.17. The third-order valence-corrected chi connectivity index (χ3v) is 5.00. The summed E-state index contributed by atoms with van der Waals surface area (Å²) in [5.41, 5.74) is 1.77. The Kier molecular flexibility index (Phi) is 6.21. The molecular weight excluding hydrogens is 426 g/mol. The Morgan fingerprint density at radius 2 is 2.00 bits per heavy atom. The number of hydrogen-bond donors (Lipinski definition) is 1. The molecule has 0 amide bonds. The summed E-state index contributed by atoms with van der Waals surface area (Å²) in [5, 5.41) is 25.4. The van der Waals surface area contributed by atoms with E-state index >= 15 is 0 Å². The summed E-state index contributed by atoms with van der Waals surface area (Å²) < 4.78 is 38.0. The van der Waals surface area contributed by atoms with E-state index in [2.05, 4.69) is 20.5 Å². The van der Waals surface area contributed by atoms with Crippen molar-refractivity contribution in [3.8, 4) is 11.6 Å². The predicted molar refractivity (Wildman–Crippen MR) is 107 cm³/mol. The first-order valence-corrected chi connectivity index (χ1v) is 9.78. The highest BCUT2D eigenvalue weighted by atomic mass is 19.3. The van der Waals surface area contributed by atoms with Crippen LogP contribution in [0.1, 0.15) is 23.4 Å². The standard InChI is InChI=1S/C20H20F2N6O4/c1-12-15(28(26-23-12)14-4-2-13(3-5-14)19(21)22)11-32-18-7-6-17(24-25-18)27-8-9-31-16(10-27)20(29)30/h2-7,16,19H,8-11H2,1H3,(H,29,30)/t16-/m0/s1. The summed E-state index contributed by atoms with van der Waals surface area (Å²) in [6.07, 6.45) is -3.45. The van der Waals surface area contributed by atoms with Crippen LogP contribution in [0.2, 0.25) is 0 Å². The van der Waals surface area contributed by atoms with Gasteiger partial charge in [-0.3, -0.25) is 0 Å². The van der Waals surface area contributed by atoms with Gasteiger partial charge in [0.2, 0.25) is 5.88 Å². The molecule has 1 atom stereocenters. The van der Waals surface area contributed by atoms with E-state index in [0.29, 0.717) is 29.4 Å². The van der Waals surface area contributed by atoms with Crippen molar-refractivity contribution in [2.45, 2.75) is 26.1 Å². The Hall–Kier alpha value is -3.67. The van der Waals surface area contributed by atoms with Gasteiger partial charge in [-0.1, -0.05) is 17.3 Å². The quantitative estimate of drug-likeness (QED) is 0.583. The van der Waals surface area contributed by atoms with Gasteiger partial charge < -0.3 is 19.5 Å². The number of carbonyl (C=O) groups is 1. The summed E-state index contributed by atoms with van der Waals surface area (Å²) >= 11 is 0. The zero-order valence-electron chi connectivity index (χ0n) is 17.1. The lowest BCUT2D eigenvalue weighted by Gasteiger charge is -2.31. The molecule has 1 saturated heterocycles. The van der Waals surface area contributed by atoms with Crippen molar-refractivity contribution < 1.29 is 28.2 Å². The van der Waals surface area contributed by atoms with Crippen molar-refractivity contribution in [1.29, 1.82) is 0 Å². The molecule has 2 aromatic heterocycles. The first-order chi connectivity index (χ1) is 15.4. The average Bonchev–Trinajstić information content (AvgIpc) is 3.18. The lowest BCUT2D eigenvalue weighted by molar-refractivity contribution is -0.150. The number of aromatic nitrogens is 5.